The predicted octanol–water partition coefficient (Wildman–Crippen LogP) is 1.21. The van der Waals surface area contributed by atoms with Crippen molar-refractivity contribution in [2.75, 3.05) is 18.5 Å². The zero-order chi connectivity index (χ0) is 11.5. The van der Waals surface area contributed by atoms with Gasteiger partial charge in [-0.05, 0) is 25.2 Å². The molecule has 1 fully saturated rings. The van der Waals surface area contributed by atoms with Gasteiger partial charge in [-0.1, -0.05) is 6.92 Å². The summed E-state index contributed by atoms with van der Waals surface area (Å²) in [5.74, 6) is 1.75. The molecule has 4 heteroatoms. The van der Waals surface area contributed by atoms with Crippen LogP contribution in [0.3, 0.4) is 0 Å². The van der Waals surface area contributed by atoms with Crippen LogP contribution in [-0.4, -0.2) is 29.6 Å². The van der Waals surface area contributed by atoms with Gasteiger partial charge in [0.15, 0.2) is 0 Å². The van der Waals surface area contributed by atoms with Crippen molar-refractivity contribution in [3.8, 4) is 0 Å². The molecule has 1 atom stereocenters. The lowest BCUT2D eigenvalue weighted by molar-refractivity contribution is 0.565. The maximum Gasteiger partial charge on any atom is 0.132 e. The molecule has 1 aliphatic carbocycles. The molecule has 1 saturated carbocycles. The molecule has 0 aromatic carbocycles. The standard InChI is InChI=1S/C12H20N4/c1-3-10-6-12(15-8-14-10)16(2)11(7-13)9-4-5-9/h6,8-9,11H,3-5,7,13H2,1-2H3. The number of rotatable bonds is 5. The van der Waals surface area contributed by atoms with Gasteiger partial charge in [0.25, 0.3) is 0 Å². The minimum absolute atomic E-state index is 0.430. The summed E-state index contributed by atoms with van der Waals surface area (Å²) in [6, 6.07) is 2.49. The van der Waals surface area contributed by atoms with E-state index in [0.717, 1.165) is 23.9 Å². The Morgan fingerprint density at radius 1 is 1.50 bits per heavy atom. The predicted molar refractivity (Wildman–Crippen MR) is 65.4 cm³/mol. The highest BCUT2D eigenvalue weighted by Crippen LogP contribution is 2.35. The van der Waals surface area contributed by atoms with Crippen LogP contribution in [0.25, 0.3) is 0 Å². The van der Waals surface area contributed by atoms with Crippen LogP contribution in [0.4, 0.5) is 5.82 Å². The quantitative estimate of drug-likeness (QED) is 0.810. The van der Waals surface area contributed by atoms with E-state index in [0.29, 0.717) is 12.6 Å². The van der Waals surface area contributed by atoms with Gasteiger partial charge >= 0.3 is 0 Å². The molecule has 0 amide bonds. The number of hydrogen-bond acceptors (Lipinski definition) is 4. The molecule has 2 rings (SSSR count). The van der Waals surface area contributed by atoms with Crippen LogP contribution in [0.2, 0.25) is 0 Å². The number of likely N-dealkylation sites (N-methyl/N-ethyl adjacent to an activating group) is 1. The second kappa shape index (κ2) is 4.78. The molecule has 0 bridgehead atoms. The minimum Gasteiger partial charge on any atom is -0.355 e. The van der Waals surface area contributed by atoms with E-state index in [-0.39, 0.29) is 0 Å². The van der Waals surface area contributed by atoms with Crippen LogP contribution in [0.15, 0.2) is 12.4 Å². The maximum atomic E-state index is 5.84. The summed E-state index contributed by atoms with van der Waals surface area (Å²) in [6.45, 7) is 2.81. The molecule has 16 heavy (non-hydrogen) atoms. The molecule has 88 valence electrons. The number of anilines is 1. The van der Waals surface area contributed by atoms with Gasteiger partial charge in [0.05, 0.1) is 0 Å². The van der Waals surface area contributed by atoms with E-state index in [9.17, 15) is 0 Å². The van der Waals surface area contributed by atoms with Crippen LogP contribution in [-0.2, 0) is 6.42 Å². The Labute approximate surface area is 96.9 Å². The highest BCUT2D eigenvalue weighted by Gasteiger charge is 2.33. The molecule has 0 spiro atoms. The monoisotopic (exact) mass is 220 g/mol. The number of aromatic nitrogens is 2. The van der Waals surface area contributed by atoms with Gasteiger partial charge in [-0.2, -0.15) is 0 Å². The van der Waals surface area contributed by atoms with Crippen LogP contribution in [0.1, 0.15) is 25.5 Å². The minimum atomic E-state index is 0.430. The van der Waals surface area contributed by atoms with Crippen molar-refractivity contribution < 1.29 is 0 Å². The third-order valence-corrected chi connectivity index (χ3v) is 3.34. The Morgan fingerprint density at radius 2 is 2.25 bits per heavy atom. The molecule has 0 aliphatic heterocycles. The fourth-order valence-corrected chi connectivity index (χ4v) is 2.09. The summed E-state index contributed by atoms with van der Waals surface area (Å²) in [6.07, 6.45) is 5.20. The van der Waals surface area contributed by atoms with E-state index in [1.165, 1.54) is 12.8 Å². The molecule has 1 aliphatic rings. The van der Waals surface area contributed by atoms with Crippen molar-refractivity contribution in [2.45, 2.75) is 32.2 Å². The molecule has 4 nitrogen and oxygen atoms in total. The van der Waals surface area contributed by atoms with Gasteiger partial charge in [0.2, 0.25) is 0 Å². The summed E-state index contributed by atoms with van der Waals surface area (Å²) >= 11 is 0. The van der Waals surface area contributed by atoms with E-state index in [4.69, 9.17) is 5.73 Å². The van der Waals surface area contributed by atoms with E-state index < -0.39 is 0 Å². The van der Waals surface area contributed by atoms with Crippen LogP contribution < -0.4 is 10.6 Å². The van der Waals surface area contributed by atoms with Crippen LogP contribution in [0.5, 0.6) is 0 Å². The Morgan fingerprint density at radius 3 is 2.81 bits per heavy atom. The summed E-state index contributed by atoms with van der Waals surface area (Å²) in [4.78, 5) is 10.7. The van der Waals surface area contributed by atoms with E-state index in [2.05, 4.69) is 34.9 Å². The Kier molecular flexibility index (Phi) is 3.39. The van der Waals surface area contributed by atoms with Crippen LogP contribution in [0, 0.1) is 5.92 Å². The smallest absolute Gasteiger partial charge is 0.132 e. The van der Waals surface area contributed by atoms with Crippen molar-refractivity contribution in [1.82, 2.24) is 9.97 Å². The molecule has 0 saturated heterocycles. The number of hydrogen-bond donors (Lipinski definition) is 1. The average Bonchev–Trinajstić information content (AvgIpc) is 3.14. The van der Waals surface area contributed by atoms with Gasteiger partial charge < -0.3 is 10.6 Å². The topological polar surface area (TPSA) is 55.0 Å². The van der Waals surface area contributed by atoms with Gasteiger partial charge in [0.1, 0.15) is 12.1 Å². The largest absolute Gasteiger partial charge is 0.355 e. The van der Waals surface area contributed by atoms with Gasteiger partial charge in [0, 0.05) is 31.4 Å². The molecule has 1 aromatic heterocycles. The van der Waals surface area contributed by atoms with E-state index in [1.54, 1.807) is 6.33 Å². The summed E-state index contributed by atoms with van der Waals surface area (Å²) in [5.41, 5.74) is 6.92. The lowest BCUT2D eigenvalue weighted by atomic mass is 10.1. The molecule has 1 aromatic rings. The summed E-state index contributed by atoms with van der Waals surface area (Å²) in [5, 5.41) is 0. The Hall–Kier alpha value is -1.16. The third-order valence-electron chi connectivity index (χ3n) is 3.34. The van der Waals surface area contributed by atoms with Gasteiger partial charge in [-0.25, -0.2) is 9.97 Å². The Balaban J connectivity index is 2.14. The van der Waals surface area contributed by atoms with Crippen molar-refractivity contribution in [3.63, 3.8) is 0 Å². The lowest BCUT2D eigenvalue weighted by Gasteiger charge is -2.28. The van der Waals surface area contributed by atoms with Crippen LogP contribution >= 0.6 is 0 Å². The highest BCUT2D eigenvalue weighted by atomic mass is 15.2. The second-order valence-electron chi connectivity index (χ2n) is 4.47. The van der Waals surface area contributed by atoms with Crippen molar-refractivity contribution in [3.05, 3.63) is 18.1 Å². The first kappa shape index (κ1) is 11.3. The lowest BCUT2D eigenvalue weighted by Crippen LogP contribution is -2.40. The highest BCUT2D eigenvalue weighted by molar-refractivity contribution is 5.40. The molecule has 1 unspecified atom stereocenters. The number of nitrogens with zero attached hydrogens (tertiary/aromatic N) is 3. The zero-order valence-electron chi connectivity index (χ0n) is 10.1. The molecular formula is C12H20N4. The van der Waals surface area contributed by atoms with E-state index >= 15 is 0 Å². The first-order valence-electron chi connectivity index (χ1n) is 6.00. The van der Waals surface area contributed by atoms with E-state index in [1.807, 2.05) is 0 Å². The first-order valence-corrected chi connectivity index (χ1v) is 6.00. The first-order chi connectivity index (χ1) is 7.76. The molecule has 1 heterocycles. The fourth-order valence-electron chi connectivity index (χ4n) is 2.09. The summed E-state index contributed by atoms with van der Waals surface area (Å²) < 4.78 is 0. The SMILES string of the molecule is CCc1cc(N(C)C(CN)C2CC2)ncn1. The molecular weight excluding hydrogens is 200 g/mol. The summed E-state index contributed by atoms with van der Waals surface area (Å²) in [7, 11) is 2.08. The van der Waals surface area contributed by atoms with Crippen molar-refractivity contribution in [1.29, 1.82) is 0 Å². The molecule has 2 N–H and O–H groups in total. The number of nitrogens with two attached hydrogens (primary N) is 1. The average molecular weight is 220 g/mol. The van der Waals surface area contributed by atoms with Gasteiger partial charge in [-0.15, -0.1) is 0 Å². The maximum absolute atomic E-state index is 5.84. The number of aryl methyl sites for hydroxylation is 1. The fraction of sp³-hybridized carbons (Fsp3) is 0.667. The third kappa shape index (κ3) is 2.32. The van der Waals surface area contributed by atoms with Gasteiger partial charge in [-0.3, -0.25) is 0 Å². The van der Waals surface area contributed by atoms with Crippen molar-refractivity contribution >= 4 is 5.82 Å². The second-order valence-corrected chi connectivity index (χ2v) is 4.47. The zero-order valence-corrected chi connectivity index (χ0v) is 10.1. The Bertz CT molecular complexity index is 349. The normalized spacial score (nSPS) is 17.2. The van der Waals surface area contributed by atoms with Crippen molar-refractivity contribution in [2.24, 2.45) is 11.7 Å². The molecule has 0 radical (unpaired) electrons.